The Bertz CT molecular complexity index is 330. The fraction of sp³-hybridized carbons (Fsp3) is 0.111. The van der Waals surface area contributed by atoms with Crippen molar-refractivity contribution in [3.63, 3.8) is 0 Å². The molecule has 0 heterocycles. The first-order valence-electron chi connectivity index (χ1n) is 3.56. The van der Waals surface area contributed by atoms with Crippen LogP contribution in [0.1, 0.15) is 16.8 Å². The average Bonchev–Trinajstić information content (AvgIpc) is 2.04. The van der Waals surface area contributed by atoms with E-state index in [1.165, 1.54) is 12.1 Å². The van der Waals surface area contributed by atoms with Crippen LogP contribution in [0.2, 0.25) is 0 Å². The lowest BCUT2D eigenvalue weighted by Gasteiger charge is -1.95. The Morgan fingerprint density at radius 3 is 2.15 bits per heavy atom. The average molecular weight is 184 g/mol. The molecule has 0 N–H and O–H groups in total. The molecule has 0 aromatic heterocycles. The highest BCUT2D eigenvalue weighted by atomic mass is 19.1. The fourth-order valence-corrected chi connectivity index (χ4v) is 0.864. The van der Waals surface area contributed by atoms with Crippen LogP contribution < -0.4 is 0 Å². The summed E-state index contributed by atoms with van der Waals surface area (Å²) in [5, 5.41) is 0. The summed E-state index contributed by atoms with van der Waals surface area (Å²) in [6.07, 6.45) is -0.786. The van der Waals surface area contributed by atoms with Gasteiger partial charge in [-0.05, 0) is 24.3 Å². The van der Waals surface area contributed by atoms with Crippen LogP contribution in [0.4, 0.5) is 8.78 Å². The minimum atomic E-state index is -1.69. The minimum absolute atomic E-state index is 0.132. The van der Waals surface area contributed by atoms with Crippen molar-refractivity contribution in [1.82, 2.24) is 0 Å². The number of halogens is 2. The Kier molecular flexibility index (Phi) is 2.84. The van der Waals surface area contributed by atoms with E-state index >= 15 is 0 Å². The van der Waals surface area contributed by atoms with Crippen molar-refractivity contribution in [3.05, 3.63) is 35.6 Å². The molecular formula is C9H6F2O2. The molecule has 13 heavy (non-hydrogen) atoms. The van der Waals surface area contributed by atoms with Gasteiger partial charge in [0.25, 0.3) is 0 Å². The number of Topliss-reactive ketones (excluding diaryl/α,β-unsaturated/α-hetero) is 1. The van der Waals surface area contributed by atoms with Crippen LogP contribution in [0.5, 0.6) is 0 Å². The molecule has 1 aromatic carbocycles. The number of carbonyl (C=O) groups is 2. The van der Waals surface area contributed by atoms with E-state index in [2.05, 4.69) is 0 Å². The number of rotatable bonds is 3. The van der Waals surface area contributed by atoms with E-state index in [1.54, 1.807) is 0 Å². The molecule has 0 aliphatic carbocycles. The molecule has 0 aliphatic heterocycles. The molecule has 1 rings (SSSR count). The summed E-state index contributed by atoms with van der Waals surface area (Å²) in [6.45, 7) is 0. The van der Waals surface area contributed by atoms with E-state index in [4.69, 9.17) is 0 Å². The molecule has 4 heteroatoms. The summed E-state index contributed by atoms with van der Waals surface area (Å²) in [5.74, 6) is -1.13. The lowest BCUT2D eigenvalue weighted by atomic mass is 10.1. The molecule has 0 saturated heterocycles. The van der Waals surface area contributed by atoms with Gasteiger partial charge in [0.15, 0.2) is 5.78 Å². The quantitative estimate of drug-likeness (QED) is 0.408. The molecule has 0 unspecified atom stereocenters. The van der Waals surface area contributed by atoms with Crippen LogP contribution in [0, 0.1) is 5.82 Å². The predicted molar refractivity (Wildman–Crippen MR) is 41.5 cm³/mol. The van der Waals surface area contributed by atoms with Gasteiger partial charge in [-0.1, -0.05) is 0 Å². The Hall–Kier alpha value is -1.58. The number of carbonyl (C=O) groups excluding carboxylic acids is 2. The van der Waals surface area contributed by atoms with Gasteiger partial charge in [-0.25, -0.2) is 4.39 Å². The highest BCUT2D eigenvalue weighted by Crippen LogP contribution is 2.06. The van der Waals surface area contributed by atoms with Gasteiger partial charge in [-0.2, -0.15) is 4.39 Å². The molecule has 0 bridgehead atoms. The first kappa shape index (κ1) is 9.51. The van der Waals surface area contributed by atoms with Gasteiger partial charge >= 0.3 is 6.04 Å². The summed E-state index contributed by atoms with van der Waals surface area (Å²) >= 11 is 0. The second kappa shape index (κ2) is 3.89. The minimum Gasteiger partial charge on any atom is -0.294 e. The number of hydrogen-bond acceptors (Lipinski definition) is 2. The monoisotopic (exact) mass is 184 g/mol. The van der Waals surface area contributed by atoms with Gasteiger partial charge in [-0.3, -0.25) is 9.59 Å². The third kappa shape index (κ3) is 2.74. The van der Waals surface area contributed by atoms with Crippen LogP contribution in [-0.2, 0) is 4.79 Å². The van der Waals surface area contributed by atoms with Gasteiger partial charge in [-0.15, -0.1) is 0 Å². The number of hydrogen-bond donors (Lipinski definition) is 0. The zero-order chi connectivity index (χ0) is 9.84. The molecule has 1 aromatic rings. The molecule has 0 spiro atoms. The van der Waals surface area contributed by atoms with Crippen molar-refractivity contribution in [3.8, 4) is 0 Å². The van der Waals surface area contributed by atoms with Crippen molar-refractivity contribution >= 4 is 11.8 Å². The van der Waals surface area contributed by atoms with E-state index in [0.717, 1.165) is 12.1 Å². The molecule has 0 radical (unpaired) electrons. The molecule has 0 amide bonds. The highest BCUT2D eigenvalue weighted by molar-refractivity contribution is 6.05. The van der Waals surface area contributed by atoms with Crippen molar-refractivity contribution < 1.29 is 18.4 Å². The molecule has 2 nitrogen and oxygen atoms in total. The topological polar surface area (TPSA) is 34.1 Å². The van der Waals surface area contributed by atoms with Gasteiger partial charge in [0.2, 0.25) is 0 Å². The van der Waals surface area contributed by atoms with Crippen molar-refractivity contribution in [2.24, 2.45) is 0 Å². The van der Waals surface area contributed by atoms with Crippen LogP contribution in [-0.4, -0.2) is 11.8 Å². The predicted octanol–water partition coefficient (Wildman–Crippen LogP) is 1.89. The first-order chi connectivity index (χ1) is 6.09. The van der Waals surface area contributed by atoms with E-state index in [0.29, 0.717) is 0 Å². The van der Waals surface area contributed by atoms with Gasteiger partial charge in [0.1, 0.15) is 12.2 Å². The lowest BCUT2D eigenvalue weighted by Crippen LogP contribution is -2.03. The van der Waals surface area contributed by atoms with Crippen molar-refractivity contribution in [2.75, 3.05) is 0 Å². The standard InChI is InChI=1S/C9H6F2O2/c10-7-3-1-6(2-4-7)8(12)5-9(11)13/h1-4H,5H2. The largest absolute Gasteiger partial charge is 0.309 e. The Morgan fingerprint density at radius 1 is 1.15 bits per heavy atom. The SMILES string of the molecule is O=C(F)CC(=O)c1ccc(F)cc1. The smallest absolute Gasteiger partial charge is 0.294 e. The van der Waals surface area contributed by atoms with Crippen LogP contribution in [0.15, 0.2) is 24.3 Å². The lowest BCUT2D eigenvalue weighted by molar-refractivity contribution is -0.128. The molecule has 0 atom stereocenters. The zero-order valence-corrected chi connectivity index (χ0v) is 6.59. The summed E-state index contributed by atoms with van der Waals surface area (Å²) in [7, 11) is 0. The second-order valence-electron chi connectivity index (χ2n) is 2.46. The van der Waals surface area contributed by atoms with E-state index in [-0.39, 0.29) is 5.56 Å². The second-order valence-corrected chi connectivity index (χ2v) is 2.46. The van der Waals surface area contributed by atoms with Crippen LogP contribution >= 0.6 is 0 Å². The zero-order valence-electron chi connectivity index (χ0n) is 6.59. The third-order valence-corrected chi connectivity index (χ3v) is 1.47. The van der Waals surface area contributed by atoms with Crippen LogP contribution in [0.3, 0.4) is 0 Å². The van der Waals surface area contributed by atoms with Crippen molar-refractivity contribution in [1.29, 1.82) is 0 Å². The normalized spacial score (nSPS) is 9.69. The molecule has 0 saturated carbocycles. The summed E-state index contributed by atoms with van der Waals surface area (Å²) in [6, 6.07) is 2.89. The summed E-state index contributed by atoms with van der Waals surface area (Å²) in [5.41, 5.74) is 0.132. The van der Waals surface area contributed by atoms with Crippen LogP contribution in [0.25, 0.3) is 0 Å². The summed E-state index contributed by atoms with van der Waals surface area (Å²) < 4.78 is 24.1. The van der Waals surface area contributed by atoms with Gasteiger partial charge < -0.3 is 0 Å². The fourth-order valence-electron chi connectivity index (χ4n) is 0.864. The Balaban J connectivity index is 2.78. The van der Waals surface area contributed by atoms with E-state index < -0.39 is 24.1 Å². The van der Waals surface area contributed by atoms with E-state index in [9.17, 15) is 18.4 Å². The molecule has 68 valence electrons. The maximum absolute atomic E-state index is 12.4. The molecular weight excluding hydrogens is 178 g/mol. The van der Waals surface area contributed by atoms with Gasteiger partial charge in [0, 0.05) is 5.56 Å². The first-order valence-corrected chi connectivity index (χ1v) is 3.56. The maximum atomic E-state index is 12.4. The maximum Gasteiger partial charge on any atom is 0.309 e. The van der Waals surface area contributed by atoms with E-state index in [1.807, 2.05) is 0 Å². The Morgan fingerprint density at radius 2 is 1.69 bits per heavy atom. The van der Waals surface area contributed by atoms with Crippen molar-refractivity contribution in [2.45, 2.75) is 6.42 Å². The van der Waals surface area contributed by atoms with Gasteiger partial charge in [0.05, 0.1) is 0 Å². The number of benzene rings is 1. The molecule has 0 fully saturated rings. The summed E-state index contributed by atoms with van der Waals surface area (Å²) in [4.78, 5) is 20.9. The Labute approximate surface area is 73.2 Å². The number of ketones is 1. The third-order valence-electron chi connectivity index (χ3n) is 1.47. The highest BCUT2D eigenvalue weighted by Gasteiger charge is 2.10. The molecule has 0 aliphatic rings.